The van der Waals surface area contributed by atoms with Crippen molar-refractivity contribution in [1.29, 1.82) is 0 Å². The van der Waals surface area contributed by atoms with Gasteiger partial charge in [0.25, 0.3) is 10.0 Å². The van der Waals surface area contributed by atoms with Crippen molar-refractivity contribution >= 4 is 21.7 Å². The number of hydrogen-bond acceptors (Lipinski definition) is 6. The molecule has 3 rings (SSSR count). The van der Waals surface area contributed by atoms with E-state index in [1.165, 1.54) is 22.3 Å². The summed E-state index contributed by atoms with van der Waals surface area (Å²) in [6.07, 6.45) is 3.52. The lowest BCUT2D eigenvalue weighted by Crippen LogP contribution is -2.45. The summed E-state index contributed by atoms with van der Waals surface area (Å²) in [5.41, 5.74) is 0.448. The molecule has 1 amide bonds. The minimum atomic E-state index is -3.82. The topological polar surface area (TPSA) is 94.9 Å². The third-order valence-corrected chi connectivity index (χ3v) is 7.46. The van der Waals surface area contributed by atoms with Gasteiger partial charge in [0.15, 0.2) is 5.79 Å². The van der Waals surface area contributed by atoms with Gasteiger partial charge in [0.05, 0.1) is 31.0 Å². The minimum Gasteiger partial charge on any atom is -0.349 e. The molecule has 1 aliphatic heterocycles. The molecular formula is C25H34N2O6S. The zero-order valence-corrected chi connectivity index (χ0v) is 20.8. The first-order chi connectivity index (χ1) is 16.3. The van der Waals surface area contributed by atoms with Gasteiger partial charge < -0.3 is 14.4 Å². The third-order valence-electron chi connectivity index (χ3n) is 5.72. The lowest BCUT2D eigenvalue weighted by Gasteiger charge is -2.37. The Kier molecular flexibility index (Phi) is 9.04. The molecule has 0 N–H and O–H groups in total. The third kappa shape index (κ3) is 6.34. The van der Waals surface area contributed by atoms with Crippen LogP contribution in [-0.4, -0.2) is 61.1 Å². The predicted octanol–water partition coefficient (Wildman–Crippen LogP) is 3.40. The molecule has 34 heavy (non-hydrogen) atoms. The lowest BCUT2D eigenvalue weighted by molar-refractivity contribution is -0.266. The van der Waals surface area contributed by atoms with E-state index in [1.54, 1.807) is 35.2 Å². The molecule has 1 saturated heterocycles. The molecule has 1 aromatic carbocycles. The highest BCUT2D eigenvalue weighted by Gasteiger charge is 2.39. The van der Waals surface area contributed by atoms with Gasteiger partial charge in [0.2, 0.25) is 5.91 Å². The first-order valence-corrected chi connectivity index (χ1v) is 13.3. The number of benzene rings is 1. The van der Waals surface area contributed by atoms with Crippen LogP contribution in [0.3, 0.4) is 0 Å². The molecular weight excluding hydrogens is 456 g/mol. The second kappa shape index (κ2) is 11.8. The average molecular weight is 491 g/mol. The number of amides is 1. The fourth-order valence-corrected chi connectivity index (χ4v) is 5.58. The summed E-state index contributed by atoms with van der Waals surface area (Å²) in [6, 6.07) is 11.5. The van der Waals surface area contributed by atoms with Crippen molar-refractivity contribution in [3.05, 3.63) is 54.4 Å². The van der Waals surface area contributed by atoms with Gasteiger partial charge in [-0.25, -0.2) is 12.4 Å². The van der Waals surface area contributed by atoms with Crippen molar-refractivity contribution in [2.75, 3.05) is 26.3 Å². The number of hydrogen-bond donors (Lipinski definition) is 0. The summed E-state index contributed by atoms with van der Waals surface area (Å²) < 4.78 is 39.5. The van der Waals surface area contributed by atoms with Crippen LogP contribution in [0, 0.1) is 0 Å². The molecule has 0 radical (unpaired) electrons. The molecule has 186 valence electrons. The van der Waals surface area contributed by atoms with Crippen molar-refractivity contribution in [3.8, 4) is 0 Å². The van der Waals surface area contributed by atoms with Crippen LogP contribution in [0.15, 0.2) is 53.6 Å². The van der Waals surface area contributed by atoms with Crippen molar-refractivity contribution in [3.63, 3.8) is 0 Å². The predicted molar refractivity (Wildman–Crippen MR) is 128 cm³/mol. The molecule has 0 atom stereocenters. The summed E-state index contributed by atoms with van der Waals surface area (Å²) >= 11 is 0. The van der Waals surface area contributed by atoms with Crippen LogP contribution in [0.25, 0.3) is 0 Å². The molecule has 0 saturated carbocycles. The largest absolute Gasteiger partial charge is 0.349 e. The smallest absolute Gasteiger partial charge is 0.267 e. The molecule has 1 fully saturated rings. The molecule has 1 aliphatic rings. The Morgan fingerprint density at radius 1 is 1.00 bits per heavy atom. The van der Waals surface area contributed by atoms with E-state index in [9.17, 15) is 18.0 Å². The second-order valence-electron chi connectivity index (χ2n) is 8.52. The van der Waals surface area contributed by atoms with Crippen LogP contribution >= 0.6 is 0 Å². The fourth-order valence-electron chi connectivity index (χ4n) is 4.18. The normalized spacial score (nSPS) is 15.7. The zero-order chi connectivity index (χ0) is 24.6. The van der Waals surface area contributed by atoms with E-state index < -0.39 is 15.8 Å². The number of ketones is 1. The van der Waals surface area contributed by atoms with E-state index in [-0.39, 0.29) is 35.8 Å². The molecule has 0 aliphatic carbocycles. The van der Waals surface area contributed by atoms with Crippen LogP contribution in [0.1, 0.15) is 51.6 Å². The van der Waals surface area contributed by atoms with E-state index in [1.807, 2.05) is 13.8 Å². The number of aromatic nitrogens is 1. The number of rotatable bonds is 12. The molecule has 2 aromatic rings. The number of carbonyl (C=O) groups is 2. The summed E-state index contributed by atoms with van der Waals surface area (Å²) in [7, 11) is -3.82. The van der Waals surface area contributed by atoms with Gasteiger partial charge in [-0.05, 0) is 43.5 Å². The number of Topliss-reactive ketones (excluding diaryl/α,β-unsaturated/α-hetero) is 1. The Morgan fingerprint density at radius 2 is 1.65 bits per heavy atom. The minimum absolute atomic E-state index is 0.0691. The first kappa shape index (κ1) is 26.1. The number of nitrogens with zero attached hydrogens (tertiary/aromatic N) is 2. The fraction of sp³-hybridized carbons (Fsp3) is 0.520. The van der Waals surface area contributed by atoms with Gasteiger partial charge >= 0.3 is 0 Å². The number of ether oxygens (including phenoxy) is 2. The summed E-state index contributed by atoms with van der Waals surface area (Å²) in [5.74, 6) is -1.79. The average Bonchev–Trinajstić information content (AvgIpc) is 3.28. The van der Waals surface area contributed by atoms with Crippen LogP contribution in [0.2, 0.25) is 0 Å². The molecule has 0 unspecified atom stereocenters. The maximum atomic E-state index is 13.2. The van der Waals surface area contributed by atoms with Gasteiger partial charge in [-0.2, -0.15) is 0 Å². The van der Waals surface area contributed by atoms with Gasteiger partial charge in [-0.3, -0.25) is 9.59 Å². The van der Waals surface area contributed by atoms with Crippen molar-refractivity contribution in [2.24, 2.45) is 0 Å². The molecule has 2 heterocycles. The SMILES string of the molecule is CCCN(CCC)C(=O)CC(=O)CC1(Cc2cccn2S(=O)(=O)c2ccccc2)OCCCO1. The molecule has 0 spiro atoms. The summed E-state index contributed by atoms with van der Waals surface area (Å²) in [4.78, 5) is 27.5. The van der Waals surface area contributed by atoms with Gasteiger partial charge in [0.1, 0.15) is 5.78 Å². The maximum absolute atomic E-state index is 13.2. The Morgan fingerprint density at radius 3 is 2.26 bits per heavy atom. The monoisotopic (exact) mass is 490 g/mol. The highest BCUT2D eigenvalue weighted by molar-refractivity contribution is 7.90. The van der Waals surface area contributed by atoms with Crippen molar-refractivity contribution < 1.29 is 27.5 Å². The highest BCUT2D eigenvalue weighted by atomic mass is 32.2. The molecule has 1 aromatic heterocycles. The van der Waals surface area contributed by atoms with Gasteiger partial charge in [-0.1, -0.05) is 32.0 Å². The van der Waals surface area contributed by atoms with Gasteiger partial charge in [0, 0.05) is 31.4 Å². The Bertz CT molecular complexity index is 1050. The van der Waals surface area contributed by atoms with E-state index >= 15 is 0 Å². The van der Waals surface area contributed by atoms with E-state index in [4.69, 9.17) is 9.47 Å². The van der Waals surface area contributed by atoms with Crippen LogP contribution in [0.5, 0.6) is 0 Å². The quantitative estimate of drug-likeness (QED) is 0.423. The zero-order valence-electron chi connectivity index (χ0n) is 19.9. The van der Waals surface area contributed by atoms with Crippen LogP contribution in [-0.2, 0) is 35.5 Å². The number of carbonyl (C=O) groups excluding carboxylic acids is 2. The van der Waals surface area contributed by atoms with Crippen LogP contribution in [0.4, 0.5) is 0 Å². The second-order valence-corrected chi connectivity index (χ2v) is 10.3. The molecule has 8 nitrogen and oxygen atoms in total. The van der Waals surface area contributed by atoms with Crippen molar-refractivity contribution in [2.45, 2.75) is 63.1 Å². The Balaban J connectivity index is 1.79. The highest BCUT2D eigenvalue weighted by Crippen LogP contribution is 2.30. The Labute approximate surface area is 201 Å². The van der Waals surface area contributed by atoms with Gasteiger partial charge in [-0.15, -0.1) is 0 Å². The molecule has 9 heteroatoms. The van der Waals surface area contributed by atoms with Crippen LogP contribution < -0.4 is 0 Å². The summed E-state index contributed by atoms with van der Waals surface area (Å²) in [5, 5.41) is 0. The maximum Gasteiger partial charge on any atom is 0.267 e. The standard InChI is InChI=1S/C25H34N2O6S/c1-3-13-26(14-4-2)24(29)18-22(28)20-25(32-16-9-17-33-25)19-21-10-8-15-27(21)34(30,31)23-11-6-5-7-12-23/h5-8,10-12,15H,3-4,9,13-14,16-20H2,1-2H3. The Hall–Kier alpha value is -2.49. The summed E-state index contributed by atoms with van der Waals surface area (Å²) in [6.45, 7) is 6.01. The first-order valence-electron chi connectivity index (χ1n) is 11.9. The van der Waals surface area contributed by atoms with E-state index in [0.717, 1.165) is 12.8 Å². The van der Waals surface area contributed by atoms with E-state index in [2.05, 4.69) is 0 Å². The van der Waals surface area contributed by atoms with Crippen molar-refractivity contribution in [1.82, 2.24) is 8.87 Å². The molecule has 0 bridgehead atoms. The van der Waals surface area contributed by atoms with E-state index in [0.29, 0.717) is 38.4 Å². The lowest BCUT2D eigenvalue weighted by atomic mass is 10.0.